The molecule has 0 spiro atoms. The molecule has 1 unspecified atom stereocenters. The Hall–Kier alpha value is -0.743. The zero-order valence-electron chi connectivity index (χ0n) is 10.3. The molecule has 1 atom stereocenters. The van der Waals surface area contributed by atoms with E-state index in [9.17, 15) is 0 Å². The number of likely N-dealkylation sites (N-methyl/N-ethyl adjacent to an activating group) is 1. The third-order valence-electron chi connectivity index (χ3n) is 3.14. The van der Waals surface area contributed by atoms with Gasteiger partial charge in [0.25, 0.3) is 0 Å². The van der Waals surface area contributed by atoms with Crippen LogP contribution in [0.15, 0.2) is 52.3 Å². The van der Waals surface area contributed by atoms with Crippen molar-refractivity contribution in [3.63, 3.8) is 0 Å². The molecule has 0 saturated carbocycles. The zero-order valence-corrected chi connectivity index (χ0v) is 10.3. The molecule has 0 bridgehead atoms. The number of hydrogen-bond donors (Lipinski definition) is 0. The molecule has 2 heteroatoms. The van der Waals surface area contributed by atoms with Crippen LogP contribution in [0.5, 0.6) is 0 Å². The molecule has 0 radical (unpaired) electrons. The first kappa shape index (κ1) is 11.7. The van der Waals surface area contributed by atoms with E-state index in [0.717, 1.165) is 6.42 Å². The molecule has 78 valence electrons. The van der Waals surface area contributed by atoms with Crippen LogP contribution in [0.2, 0.25) is 0 Å². The second-order valence-corrected chi connectivity index (χ2v) is 4.62. The van der Waals surface area contributed by atoms with E-state index >= 15 is 0 Å². The number of allylic oxidation sites excluding steroid dienone is 2. The Labute approximate surface area is 107 Å². The van der Waals surface area contributed by atoms with E-state index in [4.69, 9.17) is 0 Å². The molecule has 2 rings (SSSR count). The Balaban J connectivity index is 2.39. The van der Waals surface area contributed by atoms with Crippen LogP contribution in [0.1, 0.15) is 18.0 Å². The second-order valence-electron chi connectivity index (χ2n) is 4.62. The summed E-state index contributed by atoms with van der Waals surface area (Å²) in [5, 5.41) is 0. The number of rotatable bonds is 3. The average molecular weight is 205 g/mol. The van der Waals surface area contributed by atoms with Gasteiger partial charge < -0.3 is 0 Å². The van der Waals surface area contributed by atoms with Gasteiger partial charge in [-0.15, -0.1) is 0 Å². The third kappa shape index (κ3) is 2.33. The molecule has 16 heavy (non-hydrogen) atoms. The van der Waals surface area contributed by atoms with E-state index in [1.165, 1.54) is 15.4 Å². The maximum atomic E-state index is 2.28. The van der Waals surface area contributed by atoms with E-state index in [2.05, 4.69) is 79.2 Å². The predicted octanol–water partition coefficient (Wildman–Crippen LogP) is 2.67. The fourth-order valence-electron chi connectivity index (χ4n) is 2.34. The molecule has 0 heterocycles. The molecule has 1 aliphatic rings. The van der Waals surface area contributed by atoms with Gasteiger partial charge in [0.15, 0.2) is 0 Å². The summed E-state index contributed by atoms with van der Waals surface area (Å²) in [5.41, 5.74) is 2.82. The zero-order chi connectivity index (χ0) is 11.5. The first-order valence-electron chi connectivity index (χ1n) is 5.77. The monoisotopic (exact) mass is 205 g/mol. The summed E-state index contributed by atoms with van der Waals surface area (Å²) in [6.07, 6.45) is 5.63. The summed E-state index contributed by atoms with van der Waals surface area (Å²) < 4.78 is 1.49. The van der Waals surface area contributed by atoms with Crippen molar-refractivity contribution in [2.24, 2.45) is 0 Å². The van der Waals surface area contributed by atoms with Crippen LogP contribution < -0.4 is 0 Å². The molecule has 0 aromatic heterocycles. The summed E-state index contributed by atoms with van der Waals surface area (Å²) in [4.78, 5) is 2.28. The van der Waals surface area contributed by atoms with Gasteiger partial charge in [-0.05, 0) is 0 Å². The summed E-state index contributed by atoms with van der Waals surface area (Å²) in [7, 11) is 4.29. The van der Waals surface area contributed by atoms with E-state index in [-0.39, 0.29) is 0 Å². The standard InChI is InChI=1S/C14H16N.Li/c1-15(2)14(13-10-6-7-11-13)12-8-4-3-5-9-12;/h3-6,8-10,14H,7H2,1-2H3;. The van der Waals surface area contributed by atoms with Gasteiger partial charge in [0, 0.05) is 0 Å². The summed E-state index contributed by atoms with van der Waals surface area (Å²) in [6, 6.07) is 11.1. The van der Waals surface area contributed by atoms with Gasteiger partial charge in [-0.25, -0.2) is 0 Å². The summed E-state index contributed by atoms with van der Waals surface area (Å²) in [5.74, 6) is 0. The third-order valence-corrected chi connectivity index (χ3v) is 3.14. The van der Waals surface area contributed by atoms with Crippen LogP contribution in [-0.2, 0) is 0 Å². The van der Waals surface area contributed by atoms with Crippen molar-refractivity contribution in [3.05, 3.63) is 57.9 Å². The first-order chi connectivity index (χ1) is 7.70. The Morgan fingerprint density at radius 3 is 2.38 bits per heavy atom. The molecule has 1 aromatic carbocycles. The number of nitrogens with zero attached hydrogens (tertiary/aromatic N) is 1. The molecular weight excluding hydrogens is 189 g/mol. The summed E-state index contributed by atoms with van der Waals surface area (Å²) >= 11 is 2.23. The molecule has 0 amide bonds. The fraction of sp³-hybridized carbons (Fsp3) is 0.286. The molecule has 1 nitrogen and oxygen atoms in total. The van der Waals surface area contributed by atoms with Crippen LogP contribution in [0, 0.1) is 0 Å². The van der Waals surface area contributed by atoms with Crippen molar-refractivity contribution in [2.45, 2.75) is 12.5 Å². The molecule has 1 aromatic rings. The molecule has 1 aliphatic carbocycles. The topological polar surface area (TPSA) is 3.24 Å². The quantitative estimate of drug-likeness (QED) is 0.686. The van der Waals surface area contributed by atoms with Gasteiger partial charge in [0.2, 0.25) is 0 Å². The Bertz CT molecular complexity index is 418. The van der Waals surface area contributed by atoms with Crippen molar-refractivity contribution < 1.29 is 0 Å². The van der Waals surface area contributed by atoms with E-state index in [0.29, 0.717) is 6.04 Å². The van der Waals surface area contributed by atoms with Gasteiger partial charge in [-0.3, -0.25) is 0 Å². The second kappa shape index (κ2) is 5.06. The van der Waals surface area contributed by atoms with Gasteiger partial charge in [-0.1, -0.05) is 0 Å². The van der Waals surface area contributed by atoms with Crippen molar-refractivity contribution in [3.8, 4) is 0 Å². The molecule has 0 N–H and O–H groups in total. The van der Waals surface area contributed by atoms with Gasteiger partial charge >= 0.3 is 107 Å². The van der Waals surface area contributed by atoms with Crippen molar-refractivity contribution in [1.29, 1.82) is 0 Å². The van der Waals surface area contributed by atoms with Crippen molar-refractivity contribution in [2.75, 3.05) is 14.1 Å². The average Bonchev–Trinajstić information content (AvgIpc) is 2.66. The van der Waals surface area contributed by atoms with Gasteiger partial charge in [-0.2, -0.15) is 0 Å². The van der Waals surface area contributed by atoms with E-state index in [1.807, 2.05) is 0 Å². The van der Waals surface area contributed by atoms with Gasteiger partial charge in [0.05, 0.1) is 0 Å². The van der Waals surface area contributed by atoms with Crippen LogP contribution in [0.3, 0.4) is 0 Å². The van der Waals surface area contributed by atoms with Crippen LogP contribution in [0.4, 0.5) is 0 Å². The first-order valence-corrected chi connectivity index (χ1v) is 5.77. The van der Waals surface area contributed by atoms with Crippen LogP contribution in [-0.4, -0.2) is 36.7 Å². The predicted molar refractivity (Wildman–Crippen MR) is 69.4 cm³/mol. The molecule has 0 saturated heterocycles. The van der Waals surface area contributed by atoms with Crippen molar-refractivity contribution >= 4 is 17.7 Å². The van der Waals surface area contributed by atoms with E-state index < -0.39 is 0 Å². The van der Waals surface area contributed by atoms with Crippen LogP contribution in [0.25, 0.3) is 0 Å². The fourth-order valence-corrected chi connectivity index (χ4v) is 2.34. The van der Waals surface area contributed by atoms with Crippen LogP contribution >= 0.6 is 0 Å². The normalized spacial score (nSPS) is 17.3. The summed E-state index contributed by atoms with van der Waals surface area (Å²) in [6.45, 7) is 0. The Kier molecular flexibility index (Phi) is 3.71. The van der Waals surface area contributed by atoms with Gasteiger partial charge in [0.1, 0.15) is 0 Å². The molecule has 0 aliphatic heterocycles. The SMILES string of the molecule is [Li][C]1=C(C(c2ccccc2)N(C)C)C=CC1. The van der Waals surface area contributed by atoms with Crippen molar-refractivity contribution in [1.82, 2.24) is 4.90 Å². The minimum atomic E-state index is 0.389. The minimum absolute atomic E-state index is 0.389. The van der Waals surface area contributed by atoms with E-state index in [1.54, 1.807) is 0 Å². The molecular formula is C14H16LiN. The molecule has 0 fully saturated rings. The Morgan fingerprint density at radius 1 is 1.19 bits per heavy atom. The maximum absolute atomic E-state index is 2.28. The number of hydrogen-bond acceptors (Lipinski definition) is 1. The number of benzene rings is 1. The Morgan fingerprint density at radius 2 is 1.88 bits per heavy atom.